The zero-order chi connectivity index (χ0) is 13.0. The monoisotopic (exact) mass is 246 g/mol. The summed E-state index contributed by atoms with van der Waals surface area (Å²) in [6.07, 6.45) is 1.47. The molecule has 3 heteroatoms. The highest BCUT2D eigenvalue weighted by molar-refractivity contribution is 5.76. The zero-order valence-electron chi connectivity index (χ0n) is 11.3. The van der Waals surface area contributed by atoms with E-state index in [2.05, 4.69) is 31.3 Å². The number of piperazine rings is 1. The molecular weight excluding hydrogens is 224 g/mol. The largest absolute Gasteiger partial charge is 0.340 e. The fraction of sp³-hybridized carbons (Fsp3) is 0.533. The van der Waals surface area contributed by atoms with Crippen LogP contribution < -0.4 is 5.32 Å². The van der Waals surface area contributed by atoms with E-state index in [9.17, 15) is 4.79 Å². The first-order valence-electron chi connectivity index (χ1n) is 6.72. The van der Waals surface area contributed by atoms with Crippen LogP contribution in [0.25, 0.3) is 0 Å². The van der Waals surface area contributed by atoms with E-state index in [0.717, 1.165) is 26.1 Å². The molecule has 1 aromatic rings. The van der Waals surface area contributed by atoms with Crippen LogP contribution in [0.1, 0.15) is 24.5 Å². The number of nitrogens with one attached hydrogen (secondary N) is 1. The molecule has 1 amide bonds. The quantitative estimate of drug-likeness (QED) is 0.881. The fourth-order valence-electron chi connectivity index (χ4n) is 2.45. The van der Waals surface area contributed by atoms with E-state index in [1.807, 2.05) is 17.0 Å². The Kier molecular flexibility index (Phi) is 4.37. The Labute approximate surface area is 109 Å². The van der Waals surface area contributed by atoms with Gasteiger partial charge in [0.1, 0.15) is 0 Å². The zero-order valence-corrected chi connectivity index (χ0v) is 11.3. The summed E-state index contributed by atoms with van der Waals surface area (Å²) in [7, 11) is 0. The third-order valence-corrected chi connectivity index (χ3v) is 3.59. The number of hydrogen-bond donors (Lipinski definition) is 1. The molecule has 0 unspecified atom stereocenters. The first-order chi connectivity index (χ1) is 8.66. The van der Waals surface area contributed by atoms with Crippen LogP contribution in [0.2, 0.25) is 0 Å². The van der Waals surface area contributed by atoms with Crippen LogP contribution in [0.15, 0.2) is 24.3 Å². The highest BCUT2D eigenvalue weighted by Gasteiger charge is 2.19. The number of hydrogen-bond acceptors (Lipinski definition) is 2. The van der Waals surface area contributed by atoms with Gasteiger partial charge >= 0.3 is 0 Å². The summed E-state index contributed by atoms with van der Waals surface area (Å²) in [5, 5.41) is 3.36. The van der Waals surface area contributed by atoms with Crippen LogP contribution in [0.3, 0.4) is 0 Å². The Hall–Kier alpha value is -1.35. The van der Waals surface area contributed by atoms with Gasteiger partial charge in [-0.2, -0.15) is 0 Å². The molecule has 0 aliphatic carbocycles. The van der Waals surface area contributed by atoms with Gasteiger partial charge in [0, 0.05) is 32.1 Å². The molecular formula is C15H22N2O. The predicted molar refractivity (Wildman–Crippen MR) is 73.5 cm³/mol. The fourth-order valence-corrected chi connectivity index (χ4v) is 2.45. The Balaban J connectivity index is 1.86. The lowest BCUT2D eigenvalue weighted by Gasteiger charge is -2.32. The summed E-state index contributed by atoms with van der Waals surface area (Å²) in [5.41, 5.74) is 2.56. The average molecular weight is 246 g/mol. The smallest absolute Gasteiger partial charge is 0.222 e. The van der Waals surface area contributed by atoms with Gasteiger partial charge in [-0.05, 0) is 31.4 Å². The van der Waals surface area contributed by atoms with Gasteiger partial charge in [0.2, 0.25) is 5.91 Å². The normalized spacial score (nSPS) is 19.9. The van der Waals surface area contributed by atoms with Crippen LogP contribution in [0, 0.1) is 6.92 Å². The highest BCUT2D eigenvalue weighted by Crippen LogP contribution is 2.11. The Morgan fingerprint density at radius 2 is 2.22 bits per heavy atom. The number of amides is 1. The molecule has 1 atom stereocenters. The highest BCUT2D eigenvalue weighted by atomic mass is 16.2. The Bertz CT molecular complexity index is 417. The number of aryl methyl sites for hydroxylation is 2. The van der Waals surface area contributed by atoms with Crippen molar-refractivity contribution in [2.75, 3.05) is 19.6 Å². The summed E-state index contributed by atoms with van der Waals surface area (Å²) >= 11 is 0. The van der Waals surface area contributed by atoms with Crippen molar-refractivity contribution in [2.45, 2.75) is 32.7 Å². The summed E-state index contributed by atoms with van der Waals surface area (Å²) in [6.45, 7) is 6.83. The van der Waals surface area contributed by atoms with Crippen LogP contribution in [0.5, 0.6) is 0 Å². The minimum absolute atomic E-state index is 0.284. The van der Waals surface area contributed by atoms with E-state index in [1.54, 1.807) is 0 Å². The van der Waals surface area contributed by atoms with Gasteiger partial charge in [-0.25, -0.2) is 0 Å². The van der Waals surface area contributed by atoms with Crippen molar-refractivity contribution in [3.8, 4) is 0 Å². The lowest BCUT2D eigenvalue weighted by Crippen LogP contribution is -2.51. The van der Waals surface area contributed by atoms with Crippen molar-refractivity contribution in [2.24, 2.45) is 0 Å². The standard InChI is InChI=1S/C15H22N2O/c1-12-5-3-4-6-14(12)7-8-15(18)17-10-9-16-13(2)11-17/h3-6,13,16H,7-11H2,1-2H3/t13-/m0/s1. The molecule has 1 N–H and O–H groups in total. The summed E-state index contributed by atoms with van der Waals surface area (Å²) in [6, 6.07) is 8.72. The van der Waals surface area contributed by atoms with Gasteiger partial charge < -0.3 is 10.2 Å². The van der Waals surface area contributed by atoms with Gasteiger partial charge in [0.25, 0.3) is 0 Å². The van der Waals surface area contributed by atoms with E-state index in [-0.39, 0.29) is 5.91 Å². The van der Waals surface area contributed by atoms with Crippen molar-refractivity contribution in [3.05, 3.63) is 35.4 Å². The second kappa shape index (κ2) is 6.01. The minimum atomic E-state index is 0.284. The molecule has 1 fully saturated rings. The maximum Gasteiger partial charge on any atom is 0.222 e. The summed E-state index contributed by atoms with van der Waals surface area (Å²) < 4.78 is 0. The lowest BCUT2D eigenvalue weighted by molar-refractivity contribution is -0.132. The first-order valence-corrected chi connectivity index (χ1v) is 6.72. The van der Waals surface area contributed by atoms with Gasteiger partial charge in [0.15, 0.2) is 0 Å². The molecule has 1 aliphatic heterocycles. The number of rotatable bonds is 3. The van der Waals surface area contributed by atoms with Crippen molar-refractivity contribution < 1.29 is 4.79 Å². The van der Waals surface area contributed by atoms with Gasteiger partial charge in [-0.3, -0.25) is 4.79 Å². The molecule has 0 aromatic heterocycles. The molecule has 1 saturated heterocycles. The number of carbonyl (C=O) groups is 1. The SMILES string of the molecule is Cc1ccccc1CCC(=O)N1CCN[C@@H](C)C1. The van der Waals surface area contributed by atoms with Crippen molar-refractivity contribution in [1.29, 1.82) is 0 Å². The topological polar surface area (TPSA) is 32.3 Å². The Morgan fingerprint density at radius 1 is 1.44 bits per heavy atom. The van der Waals surface area contributed by atoms with E-state index in [4.69, 9.17) is 0 Å². The van der Waals surface area contributed by atoms with Crippen molar-refractivity contribution in [3.63, 3.8) is 0 Å². The molecule has 0 saturated carbocycles. The third-order valence-electron chi connectivity index (χ3n) is 3.59. The molecule has 0 spiro atoms. The van der Waals surface area contributed by atoms with Crippen LogP contribution >= 0.6 is 0 Å². The number of carbonyl (C=O) groups excluding carboxylic acids is 1. The molecule has 0 radical (unpaired) electrons. The van der Waals surface area contributed by atoms with Crippen LogP contribution in [-0.4, -0.2) is 36.5 Å². The Morgan fingerprint density at radius 3 is 2.94 bits per heavy atom. The van der Waals surface area contributed by atoms with E-state index in [1.165, 1.54) is 11.1 Å². The van der Waals surface area contributed by atoms with Gasteiger partial charge in [-0.15, -0.1) is 0 Å². The van der Waals surface area contributed by atoms with Crippen molar-refractivity contribution >= 4 is 5.91 Å². The van der Waals surface area contributed by atoms with Crippen molar-refractivity contribution in [1.82, 2.24) is 10.2 Å². The average Bonchev–Trinajstić information content (AvgIpc) is 2.37. The van der Waals surface area contributed by atoms with E-state index >= 15 is 0 Å². The number of nitrogens with zero attached hydrogens (tertiary/aromatic N) is 1. The van der Waals surface area contributed by atoms with Gasteiger partial charge in [0.05, 0.1) is 0 Å². The molecule has 1 aromatic carbocycles. The molecule has 1 aliphatic rings. The predicted octanol–water partition coefficient (Wildman–Crippen LogP) is 1.75. The molecule has 98 valence electrons. The summed E-state index contributed by atoms with van der Waals surface area (Å²) in [5.74, 6) is 0.284. The van der Waals surface area contributed by atoms with Crippen LogP contribution in [0.4, 0.5) is 0 Å². The number of benzene rings is 1. The van der Waals surface area contributed by atoms with E-state index < -0.39 is 0 Å². The molecule has 3 nitrogen and oxygen atoms in total. The second-order valence-electron chi connectivity index (χ2n) is 5.12. The first kappa shape index (κ1) is 13.1. The molecule has 18 heavy (non-hydrogen) atoms. The lowest BCUT2D eigenvalue weighted by atomic mass is 10.0. The second-order valence-corrected chi connectivity index (χ2v) is 5.12. The van der Waals surface area contributed by atoms with Gasteiger partial charge in [-0.1, -0.05) is 24.3 Å². The minimum Gasteiger partial charge on any atom is -0.340 e. The van der Waals surface area contributed by atoms with E-state index in [0.29, 0.717) is 12.5 Å². The maximum absolute atomic E-state index is 12.1. The summed E-state index contributed by atoms with van der Waals surface area (Å²) in [4.78, 5) is 14.1. The molecule has 2 rings (SSSR count). The molecule has 1 heterocycles. The molecule has 0 bridgehead atoms. The van der Waals surface area contributed by atoms with Crippen LogP contribution in [-0.2, 0) is 11.2 Å². The third kappa shape index (κ3) is 3.33. The maximum atomic E-state index is 12.1.